The Bertz CT molecular complexity index is 1220. The Morgan fingerprint density at radius 1 is 0.933 bits per heavy atom. The van der Waals surface area contributed by atoms with Gasteiger partial charge in [0.05, 0.1) is 16.6 Å². The molecule has 1 aromatic heterocycles. The molecule has 0 atom stereocenters. The molecule has 2 heterocycles. The van der Waals surface area contributed by atoms with Crippen LogP contribution >= 0.6 is 0 Å². The number of amides is 2. The lowest BCUT2D eigenvalue weighted by atomic mass is 9.96. The van der Waals surface area contributed by atoms with Crippen LogP contribution in [0.3, 0.4) is 0 Å². The largest absolute Gasteiger partial charge is 0.369 e. The topological polar surface area (TPSA) is 107 Å². The second kappa shape index (κ2) is 7.98. The van der Waals surface area contributed by atoms with E-state index >= 15 is 0 Å². The molecule has 1 aliphatic heterocycles. The molecule has 1 fully saturated rings. The number of nitrogens with zero attached hydrogens (tertiary/aromatic N) is 3. The van der Waals surface area contributed by atoms with Crippen molar-refractivity contribution in [1.82, 2.24) is 14.0 Å². The zero-order chi connectivity index (χ0) is 21.3. The first-order chi connectivity index (χ1) is 14.5. The molecule has 0 aliphatic carbocycles. The second-order valence-corrected chi connectivity index (χ2v) is 7.42. The van der Waals surface area contributed by atoms with Crippen molar-refractivity contribution in [2.45, 2.75) is 19.4 Å². The van der Waals surface area contributed by atoms with E-state index in [0.29, 0.717) is 42.5 Å². The van der Waals surface area contributed by atoms with E-state index in [9.17, 15) is 19.2 Å². The van der Waals surface area contributed by atoms with Crippen LogP contribution in [0, 0.1) is 5.92 Å². The molecule has 30 heavy (non-hydrogen) atoms. The van der Waals surface area contributed by atoms with Gasteiger partial charge in [0.15, 0.2) is 0 Å². The van der Waals surface area contributed by atoms with Crippen molar-refractivity contribution in [2.24, 2.45) is 11.7 Å². The van der Waals surface area contributed by atoms with Crippen molar-refractivity contribution in [2.75, 3.05) is 13.1 Å². The summed E-state index contributed by atoms with van der Waals surface area (Å²) in [6.45, 7) is 0.641. The molecule has 0 saturated carbocycles. The Kier molecular flexibility index (Phi) is 5.22. The maximum Gasteiger partial charge on any atom is 0.336 e. The maximum atomic E-state index is 13.3. The van der Waals surface area contributed by atoms with Gasteiger partial charge in [0.25, 0.3) is 5.56 Å². The fourth-order valence-electron chi connectivity index (χ4n) is 3.93. The summed E-state index contributed by atoms with van der Waals surface area (Å²) in [5.41, 5.74) is 5.24. The van der Waals surface area contributed by atoms with Crippen LogP contribution < -0.4 is 17.0 Å². The summed E-state index contributed by atoms with van der Waals surface area (Å²) < 4.78 is 2.43. The van der Waals surface area contributed by atoms with Crippen LogP contribution in [0.4, 0.5) is 0 Å². The first kappa shape index (κ1) is 19.6. The van der Waals surface area contributed by atoms with E-state index in [1.165, 1.54) is 4.57 Å². The van der Waals surface area contributed by atoms with E-state index in [1.54, 1.807) is 59.5 Å². The highest BCUT2D eigenvalue weighted by atomic mass is 16.2. The lowest BCUT2D eigenvalue weighted by Gasteiger charge is -2.31. The quantitative estimate of drug-likeness (QED) is 0.694. The monoisotopic (exact) mass is 406 g/mol. The Morgan fingerprint density at radius 3 is 2.23 bits per heavy atom. The van der Waals surface area contributed by atoms with Gasteiger partial charge in [0.1, 0.15) is 6.54 Å². The number of carbonyl (C=O) groups is 2. The van der Waals surface area contributed by atoms with Crippen molar-refractivity contribution >= 4 is 22.7 Å². The maximum absolute atomic E-state index is 13.3. The summed E-state index contributed by atoms with van der Waals surface area (Å²) in [5, 5.41) is 0.362. The molecule has 154 valence electrons. The number of likely N-dealkylation sites (tertiary alicyclic amines) is 1. The molecule has 0 unspecified atom stereocenters. The fourth-order valence-corrected chi connectivity index (χ4v) is 3.93. The van der Waals surface area contributed by atoms with Crippen LogP contribution in [0.5, 0.6) is 0 Å². The van der Waals surface area contributed by atoms with Gasteiger partial charge in [-0.3, -0.25) is 19.0 Å². The van der Waals surface area contributed by atoms with Crippen LogP contribution in [0.15, 0.2) is 64.2 Å². The lowest BCUT2D eigenvalue weighted by molar-refractivity contribution is -0.135. The van der Waals surface area contributed by atoms with Gasteiger partial charge in [-0.05, 0) is 37.1 Å². The second-order valence-electron chi connectivity index (χ2n) is 7.42. The van der Waals surface area contributed by atoms with Crippen LogP contribution in [-0.4, -0.2) is 38.9 Å². The number of hydrogen-bond donors (Lipinski definition) is 1. The van der Waals surface area contributed by atoms with E-state index in [4.69, 9.17) is 5.73 Å². The van der Waals surface area contributed by atoms with E-state index in [0.717, 1.165) is 4.57 Å². The van der Waals surface area contributed by atoms with Gasteiger partial charge in [0.2, 0.25) is 11.8 Å². The molecule has 8 nitrogen and oxygen atoms in total. The van der Waals surface area contributed by atoms with Crippen LogP contribution in [0.25, 0.3) is 16.6 Å². The molecular formula is C22H22N4O4. The minimum Gasteiger partial charge on any atom is -0.369 e. The summed E-state index contributed by atoms with van der Waals surface area (Å²) in [4.78, 5) is 52.2. The summed E-state index contributed by atoms with van der Waals surface area (Å²) in [7, 11) is 0. The number of fused-ring (bicyclic) bond motifs is 1. The van der Waals surface area contributed by atoms with E-state index < -0.39 is 11.2 Å². The zero-order valence-corrected chi connectivity index (χ0v) is 16.4. The predicted molar refractivity (Wildman–Crippen MR) is 112 cm³/mol. The van der Waals surface area contributed by atoms with Crippen molar-refractivity contribution in [3.8, 4) is 5.69 Å². The van der Waals surface area contributed by atoms with Crippen molar-refractivity contribution < 1.29 is 9.59 Å². The number of rotatable bonds is 4. The van der Waals surface area contributed by atoms with E-state index in [1.807, 2.05) is 0 Å². The first-order valence-electron chi connectivity index (χ1n) is 9.84. The first-order valence-corrected chi connectivity index (χ1v) is 9.84. The molecule has 2 amide bonds. The third-order valence-corrected chi connectivity index (χ3v) is 5.61. The van der Waals surface area contributed by atoms with E-state index in [2.05, 4.69) is 0 Å². The third-order valence-electron chi connectivity index (χ3n) is 5.61. The van der Waals surface area contributed by atoms with Crippen molar-refractivity contribution in [3.05, 3.63) is 75.4 Å². The lowest BCUT2D eigenvalue weighted by Crippen LogP contribution is -2.46. The van der Waals surface area contributed by atoms with Crippen molar-refractivity contribution in [3.63, 3.8) is 0 Å². The Balaban J connectivity index is 1.74. The molecule has 1 saturated heterocycles. The summed E-state index contributed by atoms with van der Waals surface area (Å²) >= 11 is 0. The number of aromatic nitrogens is 2. The average molecular weight is 406 g/mol. The minimum absolute atomic E-state index is 0.187. The Labute approximate surface area is 172 Å². The zero-order valence-electron chi connectivity index (χ0n) is 16.4. The van der Waals surface area contributed by atoms with Gasteiger partial charge in [-0.2, -0.15) is 0 Å². The number of benzene rings is 2. The smallest absolute Gasteiger partial charge is 0.336 e. The number of nitrogens with two attached hydrogens (primary N) is 1. The summed E-state index contributed by atoms with van der Waals surface area (Å²) in [6, 6.07) is 15.4. The Hall–Kier alpha value is -3.68. The normalized spacial score (nSPS) is 14.7. The van der Waals surface area contributed by atoms with E-state index in [-0.39, 0.29) is 24.3 Å². The molecule has 2 N–H and O–H groups in total. The fraction of sp³-hybridized carbons (Fsp3) is 0.273. The number of primary amides is 1. The highest BCUT2D eigenvalue weighted by molar-refractivity contribution is 5.82. The van der Waals surface area contributed by atoms with Gasteiger partial charge < -0.3 is 10.6 Å². The van der Waals surface area contributed by atoms with Gasteiger partial charge in [0, 0.05) is 19.0 Å². The standard InChI is InChI=1S/C22H22N4O4/c23-20(28)15-10-12-24(13-11-15)19(27)14-25-18-9-5-4-8-17(18)21(29)26(22(25)30)16-6-2-1-3-7-16/h1-9,15H,10-14H2,(H2,23,28). The molecule has 0 bridgehead atoms. The molecule has 0 radical (unpaired) electrons. The Morgan fingerprint density at radius 2 is 1.57 bits per heavy atom. The highest BCUT2D eigenvalue weighted by Crippen LogP contribution is 2.17. The van der Waals surface area contributed by atoms with Crippen LogP contribution in [-0.2, 0) is 16.1 Å². The summed E-state index contributed by atoms with van der Waals surface area (Å²) in [5.74, 6) is -0.805. The third kappa shape index (κ3) is 3.52. The van der Waals surface area contributed by atoms with Crippen LogP contribution in [0.2, 0.25) is 0 Å². The number of hydrogen-bond acceptors (Lipinski definition) is 4. The van der Waals surface area contributed by atoms with Crippen LogP contribution in [0.1, 0.15) is 12.8 Å². The SMILES string of the molecule is NC(=O)C1CCN(C(=O)Cn2c(=O)n(-c3ccccc3)c(=O)c3ccccc32)CC1. The molecule has 3 aromatic rings. The number of carbonyl (C=O) groups excluding carboxylic acids is 2. The molecule has 1 aliphatic rings. The van der Waals surface area contributed by atoms with Gasteiger partial charge in [-0.15, -0.1) is 0 Å². The molecular weight excluding hydrogens is 384 g/mol. The molecule has 0 spiro atoms. The highest BCUT2D eigenvalue weighted by Gasteiger charge is 2.26. The van der Waals surface area contributed by atoms with Gasteiger partial charge in [-0.1, -0.05) is 30.3 Å². The predicted octanol–water partition coefficient (Wildman–Crippen LogP) is 0.876. The van der Waals surface area contributed by atoms with Crippen molar-refractivity contribution in [1.29, 1.82) is 0 Å². The van der Waals surface area contributed by atoms with Gasteiger partial charge in [-0.25, -0.2) is 9.36 Å². The molecule has 2 aromatic carbocycles. The molecule has 4 rings (SSSR count). The minimum atomic E-state index is -0.565. The summed E-state index contributed by atoms with van der Waals surface area (Å²) in [6.07, 6.45) is 1.03. The molecule has 8 heteroatoms. The van der Waals surface area contributed by atoms with Gasteiger partial charge >= 0.3 is 5.69 Å². The number of piperidine rings is 1. The number of para-hydroxylation sites is 2. The average Bonchev–Trinajstić information content (AvgIpc) is 2.77.